The Morgan fingerprint density at radius 1 is 0.964 bits per heavy atom. The first-order valence-electron chi connectivity index (χ1n) is 10.3. The van der Waals surface area contributed by atoms with Gasteiger partial charge in [0, 0.05) is 12.6 Å². The average Bonchev–Trinajstić information content (AvgIpc) is 3.22. The lowest BCUT2D eigenvalue weighted by atomic mass is 9.97. The number of anilines is 1. The summed E-state index contributed by atoms with van der Waals surface area (Å²) in [5, 5.41) is 8.25. The molecule has 0 heterocycles. The van der Waals surface area contributed by atoms with Crippen molar-refractivity contribution >= 4 is 23.4 Å². The Bertz CT molecular complexity index is 751. The number of nitrogens with one attached hydrogen (secondary N) is 3. The van der Waals surface area contributed by atoms with Gasteiger partial charge in [0.25, 0.3) is 5.91 Å². The molecule has 3 rings (SSSR count). The van der Waals surface area contributed by atoms with Gasteiger partial charge >= 0.3 is 11.8 Å². The summed E-state index contributed by atoms with van der Waals surface area (Å²) in [6.45, 7) is 0.446. The summed E-state index contributed by atoms with van der Waals surface area (Å²) in [6, 6.07) is 6.97. The molecule has 0 unspecified atom stereocenters. The molecule has 0 spiro atoms. The van der Waals surface area contributed by atoms with Crippen LogP contribution in [0, 0.1) is 0 Å². The number of allylic oxidation sites excluding steroid dienone is 1. The summed E-state index contributed by atoms with van der Waals surface area (Å²) in [7, 11) is 0. The number of para-hydroxylation sites is 1. The van der Waals surface area contributed by atoms with Gasteiger partial charge in [-0.05, 0) is 57.1 Å². The molecule has 0 aromatic heterocycles. The highest BCUT2D eigenvalue weighted by atomic mass is 16.2. The third-order valence-electron chi connectivity index (χ3n) is 5.43. The van der Waals surface area contributed by atoms with Crippen molar-refractivity contribution in [1.82, 2.24) is 10.6 Å². The van der Waals surface area contributed by atoms with E-state index in [1.165, 1.54) is 18.4 Å². The Morgan fingerprint density at radius 2 is 1.75 bits per heavy atom. The second kappa shape index (κ2) is 10.1. The second-order valence-corrected chi connectivity index (χ2v) is 7.57. The van der Waals surface area contributed by atoms with Crippen LogP contribution >= 0.6 is 0 Å². The molecule has 0 atom stereocenters. The van der Waals surface area contributed by atoms with Gasteiger partial charge in [-0.2, -0.15) is 0 Å². The smallest absolute Gasteiger partial charge is 0.313 e. The van der Waals surface area contributed by atoms with E-state index in [0.717, 1.165) is 44.9 Å². The molecule has 3 amide bonds. The number of amides is 3. The van der Waals surface area contributed by atoms with Gasteiger partial charge in [-0.1, -0.05) is 36.6 Å². The molecule has 0 radical (unpaired) electrons. The van der Waals surface area contributed by atoms with Crippen LogP contribution in [-0.4, -0.2) is 30.3 Å². The minimum Gasteiger partial charge on any atom is -0.349 e. The fourth-order valence-electron chi connectivity index (χ4n) is 3.85. The number of rotatable bonds is 6. The number of benzene rings is 1. The van der Waals surface area contributed by atoms with Gasteiger partial charge < -0.3 is 16.0 Å². The van der Waals surface area contributed by atoms with E-state index >= 15 is 0 Å². The Balaban J connectivity index is 1.52. The first-order valence-corrected chi connectivity index (χ1v) is 10.3. The van der Waals surface area contributed by atoms with Crippen LogP contribution in [0.5, 0.6) is 0 Å². The standard InChI is InChI=1S/C22H29N3O3/c26-20(24-17-10-4-5-11-17)18-12-6-7-13-19(18)25-22(28)21(27)23-15-14-16-8-2-1-3-9-16/h6-8,12-13,17H,1-5,9-11,14-15H2,(H,23,27)(H,24,26)(H,25,28). The predicted molar refractivity (Wildman–Crippen MR) is 109 cm³/mol. The molecule has 3 N–H and O–H groups in total. The molecular formula is C22H29N3O3. The third-order valence-corrected chi connectivity index (χ3v) is 5.43. The Labute approximate surface area is 166 Å². The van der Waals surface area contributed by atoms with E-state index in [4.69, 9.17) is 0 Å². The molecule has 6 nitrogen and oxygen atoms in total. The lowest BCUT2D eigenvalue weighted by Crippen LogP contribution is -2.37. The minimum atomic E-state index is -0.751. The molecule has 1 aromatic carbocycles. The third kappa shape index (κ3) is 5.68. The highest BCUT2D eigenvalue weighted by Gasteiger charge is 2.21. The van der Waals surface area contributed by atoms with Gasteiger partial charge in [-0.25, -0.2) is 0 Å². The zero-order valence-corrected chi connectivity index (χ0v) is 16.3. The highest BCUT2D eigenvalue weighted by molar-refractivity contribution is 6.40. The first kappa shape index (κ1) is 20.1. The maximum atomic E-state index is 12.6. The van der Waals surface area contributed by atoms with E-state index in [-0.39, 0.29) is 11.9 Å². The largest absolute Gasteiger partial charge is 0.349 e. The molecule has 28 heavy (non-hydrogen) atoms. The number of carbonyl (C=O) groups is 3. The first-order chi connectivity index (χ1) is 13.6. The van der Waals surface area contributed by atoms with E-state index in [1.807, 2.05) is 0 Å². The van der Waals surface area contributed by atoms with Gasteiger partial charge in [0.15, 0.2) is 0 Å². The van der Waals surface area contributed by atoms with Crippen molar-refractivity contribution in [3.05, 3.63) is 41.5 Å². The summed E-state index contributed by atoms with van der Waals surface area (Å²) in [5.41, 5.74) is 2.08. The Kier molecular flexibility index (Phi) is 7.23. The van der Waals surface area contributed by atoms with Crippen molar-refractivity contribution < 1.29 is 14.4 Å². The van der Waals surface area contributed by atoms with Crippen LogP contribution in [0.15, 0.2) is 35.9 Å². The number of carbonyl (C=O) groups excluding carboxylic acids is 3. The van der Waals surface area contributed by atoms with Gasteiger partial charge in [-0.3, -0.25) is 14.4 Å². The van der Waals surface area contributed by atoms with Crippen LogP contribution in [0.25, 0.3) is 0 Å². The van der Waals surface area contributed by atoms with E-state index in [9.17, 15) is 14.4 Å². The monoisotopic (exact) mass is 383 g/mol. The zero-order valence-electron chi connectivity index (χ0n) is 16.3. The summed E-state index contributed by atoms with van der Waals surface area (Å²) in [5.74, 6) is -1.64. The van der Waals surface area contributed by atoms with Crippen LogP contribution in [-0.2, 0) is 9.59 Å². The van der Waals surface area contributed by atoms with E-state index in [0.29, 0.717) is 17.8 Å². The molecule has 2 aliphatic carbocycles. The van der Waals surface area contributed by atoms with Gasteiger partial charge in [0.1, 0.15) is 0 Å². The molecule has 1 saturated carbocycles. The lowest BCUT2D eigenvalue weighted by Gasteiger charge is -2.15. The molecule has 0 saturated heterocycles. The average molecular weight is 383 g/mol. The van der Waals surface area contributed by atoms with Gasteiger partial charge in [0.05, 0.1) is 11.3 Å². The van der Waals surface area contributed by atoms with Crippen LogP contribution < -0.4 is 16.0 Å². The Morgan fingerprint density at radius 3 is 2.50 bits per heavy atom. The van der Waals surface area contributed by atoms with E-state index in [2.05, 4.69) is 22.0 Å². The summed E-state index contributed by atoms with van der Waals surface area (Å²) in [6.07, 6.45) is 11.8. The van der Waals surface area contributed by atoms with Crippen molar-refractivity contribution in [2.24, 2.45) is 0 Å². The fraction of sp³-hybridized carbons (Fsp3) is 0.500. The number of hydrogen-bond acceptors (Lipinski definition) is 3. The molecule has 6 heteroatoms. The van der Waals surface area contributed by atoms with Crippen LogP contribution in [0.3, 0.4) is 0 Å². The molecule has 1 aromatic rings. The van der Waals surface area contributed by atoms with Crippen molar-refractivity contribution in [1.29, 1.82) is 0 Å². The normalized spacial score (nSPS) is 16.9. The molecular weight excluding hydrogens is 354 g/mol. The maximum absolute atomic E-state index is 12.6. The second-order valence-electron chi connectivity index (χ2n) is 7.57. The zero-order chi connectivity index (χ0) is 19.8. The molecule has 2 aliphatic rings. The summed E-state index contributed by atoms with van der Waals surface area (Å²) >= 11 is 0. The van der Waals surface area contributed by atoms with Crippen molar-refractivity contribution in [2.75, 3.05) is 11.9 Å². The van der Waals surface area contributed by atoms with E-state index < -0.39 is 11.8 Å². The molecule has 0 bridgehead atoms. The van der Waals surface area contributed by atoms with Gasteiger partial charge in [-0.15, -0.1) is 0 Å². The SMILES string of the molecule is O=C(NCCC1=CCCCC1)C(=O)Nc1ccccc1C(=O)NC1CCCC1. The Hall–Kier alpha value is -2.63. The van der Waals surface area contributed by atoms with Crippen molar-refractivity contribution in [3.8, 4) is 0 Å². The van der Waals surface area contributed by atoms with Crippen LogP contribution in [0.1, 0.15) is 68.1 Å². The quantitative estimate of drug-likeness (QED) is 0.520. The lowest BCUT2D eigenvalue weighted by molar-refractivity contribution is -0.136. The molecule has 0 aliphatic heterocycles. The van der Waals surface area contributed by atoms with Crippen molar-refractivity contribution in [3.63, 3.8) is 0 Å². The van der Waals surface area contributed by atoms with Crippen LogP contribution in [0.4, 0.5) is 5.69 Å². The molecule has 150 valence electrons. The minimum absolute atomic E-state index is 0.189. The van der Waals surface area contributed by atoms with E-state index in [1.54, 1.807) is 24.3 Å². The topological polar surface area (TPSA) is 87.3 Å². The van der Waals surface area contributed by atoms with Crippen molar-refractivity contribution in [2.45, 2.75) is 63.8 Å². The molecule has 1 fully saturated rings. The predicted octanol–water partition coefficient (Wildman–Crippen LogP) is 3.30. The number of hydrogen-bond donors (Lipinski definition) is 3. The van der Waals surface area contributed by atoms with Crippen LogP contribution in [0.2, 0.25) is 0 Å². The maximum Gasteiger partial charge on any atom is 0.313 e. The summed E-state index contributed by atoms with van der Waals surface area (Å²) < 4.78 is 0. The fourth-order valence-corrected chi connectivity index (χ4v) is 3.85. The summed E-state index contributed by atoms with van der Waals surface area (Å²) in [4.78, 5) is 36.9. The van der Waals surface area contributed by atoms with Gasteiger partial charge in [0.2, 0.25) is 0 Å². The highest BCUT2D eigenvalue weighted by Crippen LogP contribution is 2.21.